The Morgan fingerprint density at radius 3 is 2.96 bits per heavy atom. The fraction of sp³-hybridized carbons (Fsp3) is 0.647. The van der Waals surface area contributed by atoms with Gasteiger partial charge in [0.1, 0.15) is 0 Å². The molecule has 0 saturated carbocycles. The summed E-state index contributed by atoms with van der Waals surface area (Å²) in [6, 6.07) is 5.83. The minimum Gasteiger partial charge on any atom is -0.478 e. The zero-order valence-corrected chi connectivity index (χ0v) is 13.6. The Balaban J connectivity index is 1.59. The van der Waals surface area contributed by atoms with Crippen molar-refractivity contribution in [3.8, 4) is 5.88 Å². The van der Waals surface area contributed by atoms with Crippen LogP contribution in [0.4, 0.5) is 0 Å². The standard InChI is InChI=1S/C17H25N3O3/c1-2-23-15-5-3-4-13(19-15)12-20-8-6-17(7-9-20)10-14(21)11-18-16(17)22/h3-5,14,21H,2,6-12H2,1H3,(H,18,22). The van der Waals surface area contributed by atoms with Crippen molar-refractivity contribution in [2.45, 2.75) is 38.8 Å². The van der Waals surface area contributed by atoms with Gasteiger partial charge in [-0.2, -0.15) is 0 Å². The second-order valence-corrected chi connectivity index (χ2v) is 6.52. The van der Waals surface area contributed by atoms with E-state index in [1.807, 2.05) is 25.1 Å². The Morgan fingerprint density at radius 2 is 2.22 bits per heavy atom. The highest BCUT2D eigenvalue weighted by Gasteiger charge is 2.45. The van der Waals surface area contributed by atoms with Gasteiger partial charge in [0.05, 0.1) is 23.8 Å². The van der Waals surface area contributed by atoms with Crippen LogP contribution in [-0.4, -0.2) is 53.2 Å². The van der Waals surface area contributed by atoms with E-state index in [1.165, 1.54) is 0 Å². The summed E-state index contributed by atoms with van der Waals surface area (Å²) in [6.45, 7) is 5.41. The lowest BCUT2D eigenvalue weighted by Crippen LogP contribution is -2.55. The SMILES string of the molecule is CCOc1cccc(CN2CCC3(CC2)CC(O)CNC3=O)n1. The van der Waals surface area contributed by atoms with Gasteiger partial charge in [-0.25, -0.2) is 4.98 Å². The zero-order chi connectivity index (χ0) is 16.3. The van der Waals surface area contributed by atoms with E-state index in [-0.39, 0.29) is 11.3 Å². The van der Waals surface area contributed by atoms with E-state index in [2.05, 4.69) is 15.2 Å². The molecular formula is C17H25N3O3. The third-order valence-corrected chi connectivity index (χ3v) is 4.88. The molecule has 2 aliphatic rings. The third kappa shape index (κ3) is 3.64. The molecule has 2 N–H and O–H groups in total. The maximum absolute atomic E-state index is 12.2. The summed E-state index contributed by atoms with van der Waals surface area (Å²) in [5.41, 5.74) is 0.606. The summed E-state index contributed by atoms with van der Waals surface area (Å²) >= 11 is 0. The van der Waals surface area contributed by atoms with E-state index in [0.29, 0.717) is 25.5 Å². The van der Waals surface area contributed by atoms with Crippen molar-refractivity contribution >= 4 is 5.91 Å². The molecule has 0 aliphatic carbocycles. The number of nitrogens with one attached hydrogen (secondary N) is 1. The Hall–Kier alpha value is -1.66. The largest absolute Gasteiger partial charge is 0.478 e. The van der Waals surface area contributed by atoms with Gasteiger partial charge in [0, 0.05) is 19.2 Å². The van der Waals surface area contributed by atoms with E-state index in [9.17, 15) is 9.90 Å². The molecular weight excluding hydrogens is 294 g/mol. The average Bonchev–Trinajstić information content (AvgIpc) is 2.54. The fourth-order valence-corrected chi connectivity index (χ4v) is 3.59. The summed E-state index contributed by atoms with van der Waals surface area (Å²) in [5.74, 6) is 0.771. The molecule has 0 bridgehead atoms. The molecule has 2 fully saturated rings. The van der Waals surface area contributed by atoms with Crippen LogP contribution in [0.1, 0.15) is 31.9 Å². The molecule has 1 spiro atoms. The monoisotopic (exact) mass is 319 g/mol. The van der Waals surface area contributed by atoms with Crippen LogP contribution >= 0.6 is 0 Å². The van der Waals surface area contributed by atoms with Crippen molar-refractivity contribution in [3.05, 3.63) is 23.9 Å². The first-order valence-corrected chi connectivity index (χ1v) is 8.39. The van der Waals surface area contributed by atoms with Crippen LogP contribution in [0, 0.1) is 5.41 Å². The summed E-state index contributed by atoms with van der Waals surface area (Å²) in [5, 5.41) is 12.7. The van der Waals surface area contributed by atoms with Gasteiger partial charge in [-0.05, 0) is 45.3 Å². The molecule has 1 unspecified atom stereocenters. The summed E-state index contributed by atoms with van der Waals surface area (Å²) < 4.78 is 5.44. The minimum atomic E-state index is -0.413. The number of hydrogen-bond donors (Lipinski definition) is 2. The van der Waals surface area contributed by atoms with Crippen molar-refractivity contribution in [2.75, 3.05) is 26.2 Å². The lowest BCUT2D eigenvalue weighted by molar-refractivity contribution is -0.141. The molecule has 3 heterocycles. The average molecular weight is 319 g/mol. The van der Waals surface area contributed by atoms with Crippen molar-refractivity contribution in [1.29, 1.82) is 0 Å². The number of hydrogen-bond acceptors (Lipinski definition) is 5. The molecule has 1 amide bonds. The summed E-state index contributed by atoms with van der Waals surface area (Å²) in [7, 11) is 0. The van der Waals surface area contributed by atoms with Gasteiger partial charge >= 0.3 is 0 Å². The predicted octanol–water partition coefficient (Wildman–Crippen LogP) is 0.943. The van der Waals surface area contributed by atoms with Crippen molar-refractivity contribution in [2.24, 2.45) is 5.41 Å². The van der Waals surface area contributed by atoms with Crippen LogP contribution in [-0.2, 0) is 11.3 Å². The smallest absolute Gasteiger partial charge is 0.226 e. The van der Waals surface area contributed by atoms with Gasteiger partial charge in [0.2, 0.25) is 11.8 Å². The number of carbonyl (C=O) groups is 1. The van der Waals surface area contributed by atoms with Crippen LogP contribution in [0.2, 0.25) is 0 Å². The Morgan fingerprint density at radius 1 is 1.43 bits per heavy atom. The van der Waals surface area contributed by atoms with E-state index in [0.717, 1.165) is 38.2 Å². The van der Waals surface area contributed by atoms with Gasteiger partial charge in [-0.3, -0.25) is 9.69 Å². The van der Waals surface area contributed by atoms with E-state index in [4.69, 9.17) is 4.74 Å². The summed E-state index contributed by atoms with van der Waals surface area (Å²) in [6.07, 6.45) is 1.76. The van der Waals surface area contributed by atoms with E-state index >= 15 is 0 Å². The second-order valence-electron chi connectivity index (χ2n) is 6.52. The number of likely N-dealkylation sites (tertiary alicyclic amines) is 1. The van der Waals surface area contributed by atoms with Gasteiger partial charge in [0.25, 0.3) is 0 Å². The number of nitrogens with zero attached hydrogens (tertiary/aromatic N) is 2. The number of pyridine rings is 1. The van der Waals surface area contributed by atoms with E-state index in [1.54, 1.807) is 0 Å². The predicted molar refractivity (Wildman–Crippen MR) is 86.0 cm³/mol. The maximum atomic E-state index is 12.2. The highest BCUT2D eigenvalue weighted by atomic mass is 16.5. The number of aromatic nitrogens is 1. The Kier molecular flexibility index (Phi) is 4.82. The molecule has 1 aromatic rings. The van der Waals surface area contributed by atoms with Gasteiger partial charge < -0.3 is 15.2 Å². The molecule has 6 nitrogen and oxygen atoms in total. The van der Waals surface area contributed by atoms with Crippen LogP contribution in [0.5, 0.6) is 5.88 Å². The third-order valence-electron chi connectivity index (χ3n) is 4.88. The van der Waals surface area contributed by atoms with Crippen LogP contribution in [0.3, 0.4) is 0 Å². The molecule has 0 aromatic carbocycles. The number of rotatable bonds is 4. The molecule has 1 atom stereocenters. The van der Waals surface area contributed by atoms with Crippen molar-refractivity contribution in [1.82, 2.24) is 15.2 Å². The minimum absolute atomic E-state index is 0.110. The Labute approximate surface area is 136 Å². The van der Waals surface area contributed by atoms with Crippen molar-refractivity contribution in [3.63, 3.8) is 0 Å². The first-order valence-electron chi connectivity index (χ1n) is 8.39. The number of amides is 1. The number of aliphatic hydroxyl groups excluding tert-OH is 1. The molecule has 2 saturated heterocycles. The van der Waals surface area contributed by atoms with Gasteiger partial charge in [0.15, 0.2) is 0 Å². The maximum Gasteiger partial charge on any atom is 0.226 e. The zero-order valence-electron chi connectivity index (χ0n) is 13.6. The molecule has 0 radical (unpaired) electrons. The number of β-amino-alcohol motifs (C(OH)–C–C–N with tert-alkyl or cyclic N) is 1. The van der Waals surface area contributed by atoms with Crippen molar-refractivity contribution < 1.29 is 14.6 Å². The molecule has 1 aromatic heterocycles. The molecule has 23 heavy (non-hydrogen) atoms. The lowest BCUT2D eigenvalue weighted by Gasteiger charge is -2.44. The normalized spacial score (nSPS) is 24.4. The lowest BCUT2D eigenvalue weighted by atomic mass is 9.71. The van der Waals surface area contributed by atoms with E-state index < -0.39 is 6.10 Å². The molecule has 126 valence electrons. The number of ether oxygens (including phenoxy) is 1. The molecule has 6 heteroatoms. The first kappa shape index (κ1) is 16.2. The number of carbonyl (C=O) groups excluding carboxylic acids is 1. The highest BCUT2D eigenvalue weighted by Crippen LogP contribution is 2.38. The second kappa shape index (κ2) is 6.84. The summed E-state index contributed by atoms with van der Waals surface area (Å²) in [4.78, 5) is 19.1. The first-order chi connectivity index (χ1) is 11.1. The fourth-order valence-electron chi connectivity index (χ4n) is 3.59. The van der Waals surface area contributed by atoms with Crippen LogP contribution in [0.25, 0.3) is 0 Å². The Bertz CT molecular complexity index is 556. The topological polar surface area (TPSA) is 74.7 Å². The highest BCUT2D eigenvalue weighted by molar-refractivity contribution is 5.83. The molecule has 3 rings (SSSR count). The van der Waals surface area contributed by atoms with Crippen LogP contribution < -0.4 is 10.1 Å². The van der Waals surface area contributed by atoms with Crippen LogP contribution in [0.15, 0.2) is 18.2 Å². The number of piperidine rings is 2. The van der Waals surface area contributed by atoms with Gasteiger partial charge in [-0.15, -0.1) is 0 Å². The number of aliphatic hydroxyl groups is 1. The molecule has 2 aliphatic heterocycles. The van der Waals surface area contributed by atoms with Gasteiger partial charge in [-0.1, -0.05) is 6.07 Å². The quantitative estimate of drug-likeness (QED) is 0.864.